The van der Waals surface area contributed by atoms with Crippen molar-refractivity contribution in [3.05, 3.63) is 72.4 Å². The van der Waals surface area contributed by atoms with Crippen LogP contribution in [0, 0.1) is 5.41 Å². The van der Waals surface area contributed by atoms with E-state index < -0.39 is 11.4 Å². The number of carbonyl (C=O) groups excluding carboxylic acids is 1. The number of ether oxygens (including phenoxy) is 1. The van der Waals surface area contributed by atoms with Gasteiger partial charge in [-0.05, 0) is 61.7 Å². The molecule has 1 aromatic heterocycles. The van der Waals surface area contributed by atoms with Crippen molar-refractivity contribution in [2.24, 2.45) is 5.41 Å². The van der Waals surface area contributed by atoms with Crippen LogP contribution in [0.2, 0.25) is 0 Å². The molecule has 0 spiro atoms. The number of carboxylic acid groups (broad SMARTS) is 1. The van der Waals surface area contributed by atoms with Crippen LogP contribution in [0.3, 0.4) is 0 Å². The number of para-hydroxylation sites is 1. The van der Waals surface area contributed by atoms with Crippen LogP contribution in [0.15, 0.2) is 66.9 Å². The van der Waals surface area contributed by atoms with Crippen molar-refractivity contribution < 1.29 is 19.4 Å². The summed E-state index contributed by atoms with van der Waals surface area (Å²) in [6.07, 6.45) is 2.49. The summed E-state index contributed by atoms with van der Waals surface area (Å²) in [6, 6.07) is 18.9. The molecule has 164 valence electrons. The molecule has 0 radical (unpaired) electrons. The number of aromatic nitrogens is 1. The Balaban J connectivity index is 1.44. The molecule has 2 heterocycles. The average Bonchev–Trinajstić information content (AvgIpc) is 3.22. The van der Waals surface area contributed by atoms with Gasteiger partial charge >= 0.3 is 12.0 Å². The number of aliphatic carboxylic acids is 1. The molecular formula is C25H25N3O4. The fourth-order valence-electron chi connectivity index (χ4n) is 3.46. The predicted octanol–water partition coefficient (Wildman–Crippen LogP) is 4.83. The number of amides is 2. The zero-order valence-electron chi connectivity index (χ0n) is 18.0. The average molecular weight is 431 g/mol. The number of rotatable bonds is 6. The van der Waals surface area contributed by atoms with E-state index in [4.69, 9.17) is 4.74 Å². The van der Waals surface area contributed by atoms with Gasteiger partial charge in [-0.2, -0.15) is 0 Å². The van der Waals surface area contributed by atoms with Crippen molar-refractivity contribution in [3.8, 4) is 17.0 Å². The van der Waals surface area contributed by atoms with Gasteiger partial charge in [-0.25, -0.2) is 9.78 Å². The molecule has 7 nitrogen and oxygen atoms in total. The van der Waals surface area contributed by atoms with Crippen LogP contribution in [0.4, 0.5) is 16.2 Å². The first-order chi connectivity index (χ1) is 15.3. The number of urea groups is 1. The minimum atomic E-state index is -0.987. The number of carboxylic acids is 1. The lowest BCUT2D eigenvalue weighted by molar-refractivity contribution is -0.148. The molecule has 4 rings (SSSR count). The van der Waals surface area contributed by atoms with Gasteiger partial charge in [0.2, 0.25) is 5.88 Å². The van der Waals surface area contributed by atoms with E-state index in [0.717, 1.165) is 34.5 Å². The summed E-state index contributed by atoms with van der Waals surface area (Å²) in [4.78, 5) is 30.0. The van der Waals surface area contributed by atoms with E-state index in [9.17, 15) is 14.7 Å². The first-order valence-electron chi connectivity index (χ1n) is 10.4. The minimum Gasteiger partial charge on any atom is -0.481 e. The van der Waals surface area contributed by atoms with E-state index >= 15 is 0 Å². The zero-order chi connectivity index (χ0) is 22.7. The van der Waals surface area contributed by atoms with Crippen LogP contribution in [-0.2, 0) is 11.2 Å². The van der Waals surface area contributed by atoms with Gasteiger partial charge in [0.15, 0.2) is 0 Å². The molecule has 2 amide bonds. The number of benzene rings is 2. The largest absolute Gasteiger partial charge is 0.481 e. The highest BCUT2D eigenvalue weighted by molar-refractivity contribution is 6.03. The normalized spacial score (nSPS) is 12.9. The van der Waals surface area contributed by atoms with E-state index in [1.54, 1.807) is 31.0 Å². The summed E-state index contributed by atoms with van der Waals surface area (Å²) in [5.41, 5.74) is 3.71. The topological polar surface area (TPSA) is 91.8 Å². The Bertz CT molecular complexity index is 1130. The predicted molar refractivity (Wildman–Crippen MR) is 123 cm³/mol. The van der Waals surface area contributed by atoms with E-state index in [1.807, 2.05) is 48.5 Å². The first kappa shape index (κ1) is 21.4. The van der Waals surface area contributed by atoms with Gasteiger partial charge in [0.05, 0.1) is 5.41 Å². The summed E-state index contributed by atoms with van der Waals surface area (Å²) < 4.78 is 5.54. The molecule has 0 fully saturated rings. The van der Waals surface area contributed by atoms with Gasteiger partial charge < -0.3 is 15.2 Å². The number of nitrogens with one attached hydrogen (secondary N) is 1. The Hall–Kier alpha value is -3.87. The zero-order valence-corrected chi connectivity index (χ0v) is 18.0. The van der Waals surface area contributed by atoms with Crippen molar-refractivity contribution in [1.29, 1.82) is 0 Å². The molecule has 2 N–H and O–H groups in total. The van der Waals surface area contributed by atoms with Crippen molar-refractivity contribution in [2.75, 3.05) is 23.4 Å². The van der Waals surface area contributed by atoms with Crippen LogP contribution in [0.5, 0.6) is 5.88 Å². The summed E-state index contributed by atoms with van der Waals surface area (Å²) >= 11 is 0. The highest BCUT2D eigenvalue weighted by Crippen LogP contribution is 2.33. The maximum Gasteiger partial charge on any atom is 0.326 e. The molecule has 0 aliphatic carbocycles. The van der Waals surface area contributed by atoms with E-state index in [-0.39, 0.29) is 12.6 Å². The lowest BCUT2D eigenvalue weighted by atomic mass is 9.95. The molecule has 32 heavy (non-hydrogen) atoms. The lowest BCUT2D eigenvalue weighted by Crippen LogP contribution is -2.33. The molecule has 1 aliphatic rings. The number of hydrogen-bond acceptors (Lipinski definition) is 4. The SMILES string of the molecule is CC(C)(COc1ccc(-c2ccc3c(c2)CCN3C(=O)Nc2ccccc2)cn1)C(=O)O. The number of hydrogen-bond donors (Lipinski definition) is 2. The van der Waals surface area contributed by atoms with Gasteiger partial charge in [-0.15, -0.1) is 0 Å². The van der Waals surface area contributed by atoms with Crippen molar-refractivity contribution in [1.82, 2.24) is 4.98 Å². The first-order valence-corrected chi connectivity index (χ1v) is 10.4. The Labute approximate surface area is 186 Å². The highest BCUT2D eigenvalue weighted by atomic mass is 16.5. The fourth-order valence-corrected chi connectivity index (χ4v) is 3.46. The third-order valence-corrected chi connectivity index (χ3v) is 5.47. The van der Waals surface area contributed by atoms with Crippen molar-refractivity contribution >= 4 is 23.4 Å². The number of pyridine rings is 1. The Morgan fingerprint density at radius 2 is 1.84 bits per heavy atom. The van der Waals surface area contributed by atoms with Crippen LogP contribution >= 0.6 is 0 Å². The Kier molecular flexibility index (Phi) is 5.81. The second-order valence-electron chi connectivity index (χ2n) is 8.40. The molecule has 0 atom stereocenters. The molecular weight excluding hydrogens is 406 g/mol. The molecule has 0 unspecified atom stereocenters. The maximum atomic E-state index is 12.7. The quantitative estimate of drug-likeness (QED) is 0.583. The summed E-state index contributed by atoms with van der Waals surface area (Å²) in [5.74, 6) is -0.535. The standard InChI is InChI=1S/C25H25N3O4/c1-25(2,23(29)30)16-32-22-11-9-19(15-26-22)17-8-10-21-18(14-17)12-13-28(21)24(31)27-20-6-4-3-5-7-20/h3-11,14-15H,12-13,16H2,1-2H3,(H,27,31)(H,29,30). The van der Waals surface area contributed by atoms with Crippen LogP contribution in [-0.4, -0.2) is 35.2 Å². The van der Waals surface area contributed by atoms with Gasteiger partial charge in [0.25, 0.3) is 0 Å². The number of fused-ring (bicyclic) bond motifs is 1. The van der Waals surface area contributed by atoms with E-state index in [0.29, 0.717) is 12.4 Å². The highest BCUT2D eigenvalue weighted by Gasteiger charge is 2.28. The molecule has 7 heteroatoms. The molecule has 0 saturated carbocycles. The molecule has 1 aliphatic heterocycles. The number of nitrogens with zero attached hydrogens (tertiary/aromatic N) is 2. The fraction of sp³-hybridized carbons (Fsp3) is 0.240. The van der Waals surface area contributed by atoms with Gasteiger partial charge in [-0.1, -0.05) is 24.3 Å². The van der Waals surface area contributed by atoms with Crippen LogP contribution in [0.25, 0.3) is 11.1 Å². The number of anilines is 2. The monoisotopic (exact) mass is 431 g/mol. The molecule has 0 saturated heterocycles. The van der Waals surface area contributed by atoms with Gasteiger partial charge in [0, 0.05) is 35.7 Å². The van der Waals surface area contributed by atoms with Crippen LogP contribution in [0.1, 0.15) is 19.4 Å². The summed E-state index contributed by atoms with van der Waals surface area (Å²) in [7, 11) is 0. The van der Waals surface area contributed by atoms with Crippen LogP contribution < -0.4 is 15.0 Å². The minimum absolute atomic E-state index is 0.0361. The van der Waals surface area contributed by atoms with Crippen molar-refractivity contribution in [2.45, 2.75) is 20.3 Å². The third kappa shape index (κ3) is 4.56. The van der Waals surface area contributed by atoms with Gasteiger partial charge in [0.1, 0.15) is 6.61 Å². The Morgan fingerprint density at radius 1 is 1.09 bits per heavy atom. The molecule has 0 bridgehead atoms. The third-order valence-electron chi connectivity index (χ3n) is 5.47. The summed E-state index contributed by atoms with van der Waals surface area (Å²) in [6.45, 7) is 3.88. The summed E-state index contributed by atoms with van der Waals surface area (Å²) in [5, 5.41) is 12.1. The van der Waals surface area contributed by atoms with Crippen molar-refractivity contribution in [3.63, 3.8) is 0 Å². The second-order valence-corrected chi connectivity index (χ2v) is 8.40. The smallest absolute Gasteiger partial charge is 0.326 e. The lowest BCUT2D eigenvalue weighted by Gasteiger charge is -2.19. The second kappa shape index (κ2) is 8.70. The number of carbonyl (C=O) groups is 2. The molecule has 2 aromatic carbocycles. The maximum absolute atomic E-state index is 12.7. The van der Waals surface area contributed by atoms with Gasteiger partial charge in [-0.3, -0.25) is 9.69 Å². The molecule has 3 aromatic rings. The van der Waals surface area contributed by atoms with E-state index in [2.05, 4.69) is 16.4 Å². The Morgan fingerprint density at radius 3 is 2.53 bits per heavy atom. The van der Waals surface area contributed by atoms with E-state index in [1.165, 1.54) is 0 Å².